The number of halogens is 1. The van der Waals surface area contributed by atoms with E-state index in [0.717, 1.165) is 37.0 Å². The van der Waals surface area contributed by atoms with Crippen LogP contribution in [0.5, 0.6) is 5.75 Å². The highest BCUT2D eigenvalue weighted by molar-refractivity contribution is 5.79. The molecule has 0 saturated heterocycles. The molecule has 0 unspecified atom stereocenters. The second kappa shape index (κ2) is 10.5. The monoisotopic (exact) mass is 376 g/mol. The molecule has 148 valence electrons. The number of nitrogens with one attached hydrogen (secondary N) is 1. The lowest BCUT2D eigenvalue weighted by molar-refractivity contribution is 0.281. The van der Waals surface area contributed by atoms with Gasteiger partial charge >= 0.3 is 0 Å². The summed E-state index contributed by atoms with van der Waals surface area (Å²) in [7, 11) is 3.90. The molecule has 0 aliphatic carbocycles. The second-order valence-corrected chi connectivity index (χ2v) is 6.37. The molecule has 0 radical (unpaired) electrons. The lowest BCUT2D eigenvalue weighted by Gasteiger charge is -2.22. The summed E-state index contributed by atoms with van der Waals surface area (Å²) < 4.78 is 20.6. The second-order valence-electron chi connectivity index (χ2n) is 6.37. The number of aromatic nitrogens is 3. The zero-order chi connectivity index (χ0) is 19.6. The van der Waals surface area contributed by atoms with Crippen molar-refractivity contribution in [3.05, 3.63) is 41.7 Å². The molecule has 7 nitrogen and oxygen atoms in total. The minimum absolute atomic E-state index is 0.270. The Morgan fingerprint density at radius 3 is 2.67 bits per heavy atom. The van der Waals surface area contributed by atoms with E-state index in [2.05, 4.69) is 27.4 Å². The zero-order valence-electron chi connectivity index (χ0n) is 16.6. The van der Waals surface area contributed by atoms with Gasteiger partial charge in [0, 0.05) is 20.6 Å². The van der Waals surface area contributed by atoms with Crippen LogP contribution in [0.3, 0.4) is 0 Å². The minimum Gasteiger partial charge on any atom is -0.492 e. The molecule has 0 bridgehead atoms. The molecule has 0 aliphatic heterocycles. The number of aliphatic imine (C=N–C) groups is 1. The molecule has 1 N–H and O–H groups in total. The highest BCUT2D eigenvalue weighted by Gasteiger charge is 2.09. The van der Waals surface area contributed by atoms with E-state index in [9.17, 15) is 4.39 Å². The van der Waals surface area contributed by atoms with Gasteiger partial charge in [0.05, 0.1) is 6.54 Å². The molecule has 27 heavy (non-hydrogen) atoms. The molecule has 0 fully saturated rings. The minimum atomic E-state index is -0.270. The van der Waals surface area contributed by atoms with Gasteiger partial charge in [0.2, 0.25) is 0 Å². The Balaban J connectivity index is 1.93. The van der Waals surface area contributed by atoms with Gasteiger partial charge in [-0.1, -0.05) is 13.3 Å². The van der Waals surface area contributed by atoms with Gasteiger partial charge in [-0.25, -0.2) is 9.38 Å². The first-order chi connectivity index (χ1) is 13.0. The number of hydrogen-bond donors (Lipinski definition) is 1. The standard InChI is InChI=1S/C19H29FN6O/c1-5-6-11-21-19(22-14-18-24-23-15(2)26(18)4)25(3)12-13-27-17-9-7-16(20)8-10-17/h7-10H,5-6,11-14H2,1-4H3,(H,21,22). The number of aryl methyl sites for hydroxylation is 1. The number of ether oxygens (including phenoxy) is 1. The summed E-state index contributed by atoms with van der Waals surface area (Å²) in [4.78, 5) is 6.70. The SMILES string of the molecule is CCCCNC(=NCc1nnc(C)n1C)N(C)CCOc1ccc(F)cc1. The number of nitrogens with zero attached hydrogens (tertiary/aromatic N) is 5. The lowest BCUT2D eigenvalue weighted by Crippen LogP contribution is -2.41. The fourth-order valence-corrected chi connectivity index (χ4v) is 2.36. The van der Waals surface area contributed by atoms with Gasteiger partial charge in [-0.2, -0.15) is 0 Å². The predicted molar refractivity (Wildman–Crippen MR) is 104 cm³/mol. The van der Waals surface area contributed by atoms with Crippen LogP contribution in [0, 0.1) is 12.7 Å². The van der Waals surface area contributed by atoms with Crippen LogP contribution in [0.1, 0.15) is 31.4 Å². The Hall–Kier alpha value is -2.64. The van der Waals surface area contributed by atoms with Gasteiger partial charge in [-0.15, -0.1) is 10.2 Å². The Morgan fingerprint density at radius 2 is 2.04 bits per heavy atom. The summed E-state index contributed by atoms with van der Waals surface area (Å²) in [5, 5.41) is 11.6. The molecule has 0 atom stereocenters. The van der Waals surface area contributed by atoms with Gasteiger partial charge < -0.3 is 19.5 Å². The van der Waals surface area contributed by atoms with Crippen LogP contribution in [0.2, 0.25) is 0 Å². The molecular formula is C19H29FN6O. The molecule has 0 saturated carbocycles. The van der Waals surface area contributed by atoms with Gasteiger partial charge in [-0.05, 0) is 37.6 Å². The first kappa shape index (κ1) is 20.7. The van der Waals surface area contributed by atoms with Crippen molar-refractivity contribution in [1.82, 2.24) is 25.0 Å². The number of hydrogen-bond acceptors (Lipinski definition) is 4. The lowest BCUT2D eigenvalue weighted by atomic mass is 10.3. The van der Waals surface area contributed by atoms with E-state index >= 15 is 0 Å². The molecule has 2 aromatic rings. The summed E-state index contributed by atoms with van der Waals surface area (Å²) in [5.74, 6) is 2.86. The normalized spacial score (nSPS) is 11.5. The van der Waals surface area contributed by atoms with Crippen LogP contribution in [0.25, 0.3) is 0 Å². The summed E-state index contributed by atoms with van der Waals surface area (Å²) in [6, 6.07) is 6.03. The zero-order valence-corrected chi connectivity index (χ0v) is 16.6. The van der Waals surface area contributed by atoms with E-state index in [-0.39, 0.29) is 5.82 Å². The van der Waals surface area contributed by atoms with Crippen molar-refractivity contribution in [2.24, 2.45) is 12.0 Å². The first-order valence-corrected chi connectivity index (χ1v) is 9.24. The van der Waals surface area contributed by atoms with Crippen LogP contribution < -0.4 is 10.1 Å². The summed E-state index contributed by atoms with van der Waals surface area (Å²) >= 11 is 0. The fourth-order valence-electron chi connectivity index (χ4n) is 2.36. The molecule has 0 aliphatic rings. The summed E-state index contributed by atoms with van der Waals surface area (Å²) in [6.07, 6.45) is 2.18. The third-order valence-corrected chi connectivity index (χ3v) is 4.24. The van der Waals surface area contributed by atoms with Crippen molar-refractivity contribution in [2.45, 2.75) is 33.2 Å². The number of rotatable bonds is 9. The van der Waals surface area contributed by atoms with Crippen LogP contribution in [0.15, 0.2) is 29.3 Å². The van der Waals surface area contributed by atoms with Crippen molar-refractivity contribution in [2.75, 3.05) is 26.7 Å². The van der Waals surface area contributed by atoms with Crippen LogP contribution in [-0.2, 0) is 13.6 Å². The van der Waals surface area contributed by atoms with Crippen molar-refractivity contribution >= 4 is 5.96 Å². The third kappa shape index (κ3) is 6.54. The first-order valence-electron chi connectivity index (χ1n) is 9.24. The molecular weight excluding hydrogens is 347 g/mol. The molecule has 1 aromatic carbocycles. The highest BCUT2D eigenvalue weighted by atomic mass is 19.1. The number of unbranched alkanes of at least 4 members (excludes halogenated alkanes) is 1. The van der Waals surface area contributed by atoms with Gasteiger partial charge in [0.25, 0.3) is 0 Å². The quantitative estimate of drug-likeness (QED) is 0.414. The molecule has 0 amide bonds. The van der Waals surface area contributed by atoms with E-state index in [1.54, 1.807) is 12.1 Å². The van der Waals surface area contributed by atoms with Gasteiger partial charge in [0.15, 0.2) is 11.8 Å². The predicted octanol–water partition coefficient (Wildman–Crippen LogP) is 2.52. The Morgan fingerprint density at radius 1 is 1.30 bits per heavy atom. The Bertz CT molecular complexity index is 728. The summed E-state index contributed by atoms with van der Waals surface area (Å²) in [6.45, 7) is 6.50. The van der Waals surface area contributed by atoms with E-state index in [1.807, 2.05) is 30.5 Å². The smallest absolute Gasteiger partial charge is 0.194 e. The van der Waals surface area contributed by atoms with Gasteiger partial charge in [-0.3, -0.25) is 0 Å². The highest BCUT2D eigenvalue weighted by Crippen LogP contribution is 2.10. The van der Waals surface area contributed by atoms with Crippen LogP contribution >= 0.6 is 0 Å². The van der Waals surface area contributed by atoms with Crippen molar-refractivity contribution in [3.8, 4) is 5.75 Å². The largest absolute Gasteiger partial charge is 0.492 e. The molecule has 8 heteroatoms. The van der Waals surface area contributed by atoms with Crippen molar-refractivity contribution in [3.63, 3.8) is 0 Å². The van der Waals surface area contributed by atoms with Crippen molar-refractivity contribution < 1.29 is 9.13 Å². The average molecular weight is 376 g/mol. The fraction of sp³-hybridized carbons (Fsp3) is 0.526. The number of likely N-dealkylation sites (N-methyl/N-ethyl adjacent to an activating group) is 1. The van der Waals surface area contributed by atoms with E-state index in [0.29, 0.717) is 25.4 Å². The van der Waals surface area contributed by atoms with Crippen LogP contribution in [-0.4, -0.2) is 52.4 Å². The molecule has 1 heterocycles. The molecule has 1 aromatic heterocycles. The van der Waals surface area contributed by atoms with E-state index in [4.69, 9.17) is 4.74 Å². The van der Waals surface area contributed by atoms with Crippen LogP contribution in [0.4, 0.5) is 4.39 Å². The van der Waals surface area contributed by atoms with Gasteiger partial charge in [0.1, 0.15) is 30.5 Å². The maximum Gasteiger partial charge on any atom is 0.194 e. The summed E-state index contributed by atoms with van der Waals surface area (Å²) in [5.41, 5.74) is 0. The topological polar surface area (TPSA) is 67.6 Å². The average Bonchev–Trinajstić information content (AvgIpc) is 2.98. The molecule has 2 rings (SSSR count). The number of guanidine groups is 1. The number of benzene rings is 1. The maximum atomic E-state index is 12.9. The Kier molecular flexibility index (Phi) is 8.03. The van der Waals surface area contributed by atoms with E-state index in [1.165, 1.54) is 12.1 Å². The Labute approximate surface area is 160 Å². The molecule has 0 spiro atoms. The third-order valence-electron chi connectivity index (χ3n) is 4.24. The maximum absolute atomic E-state index is 12.9. The van der Waals surface area contributed by atoms with Crippen molar-refractivity contribution in [1.29, 1.82) is 0 Å². The van der Waals surface area contributed by atoms with E-state index < -0.39 is 0 Å².